The van der Waals surface area contributed by atoms with E-state index in [1.54, 1.807) is 0 Å². The van der Waals surface area contributed by atoms with Gasteiger partial charge < -0.3 is 4.52 Å². The summed E-state index contributed by atoms with van der Waals surface area (Å²) in [6.07, 6.45) is 1.52. The Kier molecular flexibility index (Phi) is 8.03. The summed E-state index contributed by atoms with van der Waals surface area (Å²) in [7, 11) is -0.620. The van der Waals surface area contributed by atoms with Crippen molar-refractivity contribution in [2.24, 2.45) is 5.41 Å². The van der Waals surface area contributed by atoms with E-state index in [2.05, 4.69) is 59.2 Å². The fraction of sp³-hybridized carbons (Fsp3) is 0.929. The van der Waals surface area contributed by atoms with Gasteiger partial charge in [0.25, 0.3) is 0 Å². The van der Waals surface area contributed by atoms with Crippen molar-refractivity contribution in [1.82, 2.24) is 4.67 Å². The number of nitriles is 1. The number of hydrogen-bond donors (Lipinski definition) is 0. The second-order valence-electron chi connectivity index (χ2n) is 6.38. The third-order valence-corrected chi connectivity index (χ3v) is 5.52. The molecule has 0 fully saturated rings. The smallest absolute Gasteiger partial charge is 0.105 e. The van der Waals surface area contributed by atoms with Gasteiger partial charge in [0.05, 0.1) is 19.1 Å². The minimum Gasteiger partial charge on any atom is -0.342 e. The largest absolute Gasteiger partial charge is 0.342 e. The average molecular weight is 272 g/mol. The maximum atomic E-state index is 8.63. The van der Waals surface area contributed by atoms with Crippen LogP contribution < -0.4 is 0 Å². The van der Waals surface area contributed by atoms with Crippen molar-refractivity contribution in [3.63, 3.8) is 0 Å². The number of rotatable bonds is 7. The highest BCUT2D eigenvalue weighted by atomic mass is 31.2. The molecule has 0 rings (SSSR count). The van der Waals surface area contributed by atoms with Gasteiger partial charge in [-0.3, -0.25) is 4.67 Å². The first-order valence-electron chi connectivity index (χ1n) is 6.74. The van der Waals surface area contributed by atoms with Gasteiger partial charge in [0.2, 0.25) is 0 Å². The van der Waals surface area contributed by atoms with Crippen LogP contribution in [0.25, 0.3) is 0 Å². The molecule has 0 aliphatic rings. The lowest BCUT2D eigenvalue weighted by Crippen LogP contribution is -2.35. The van der Waals surface area contributed by atoms with Crippen molar-refractivity contribution in [1.29, 1.82) is 5.26 Å². The van der Waals surface area contributed by atoms with Crippen LogP contribution in [0.5, 0.6) is 0 Å². The van der Waals surface area contributed by atoms with Gasteiger partial charge in [0, 0.05) is 18.2 Å². The van der Waals surface area contributed by atoms with Crippen LogP contribution in [0.2, 0.25) is 0 Å². The molecule has 0 bridgehead atoms. The quantitative estimate of drug-likeness (QED) is 0.509. The van der Waals surface area contributed by atoms with Crippen LogP contribution in [0.4, 0.5) is 0 Å². The van der Waals surface area contributed by atoms with Crippen LogP contribution in [0.1, 0.15) is 54.9 Å². The lowest BCUT2D eigenvalue weighted by Gasteiger charge is -2.39. The third kappa shape index (κ3) is 7.31. The molecular weight excluding hydrogens is 243 g/mol. The first-order chi connectivity index (χ1) is 8.19. The molecule has 0 N–H and O–H groups in total. The lowest BCUT2D eigenvalue weighted by molar-refractivity contribution is 0.249. The zero-order chi connectivity index (χ0) is 14.3. The molecule has 1 unspecified atom stereocenters. The van der Waals surface area contributed by atoms with Crippen molar-refractivity contribution < 1.29 is 4.52 Å². The van der Waals surface area contributed by atoms with E-state index in [0.717, 1.165) is 6.16 Å². The van der Waals surface area contributed by atoms with Crippen LogP contribution >= 0.6 is 8.30 Å². The van der Waals surface area contributed by atoms with Gasteiger partial charge in [-0.15, -0.1) is 0 Å². The Bertz CT molecular complexity index is 258. The van der Waals surface area contributed by atoms with Gasteiger partial charge >= 0.3 is 0 Å². The molecule has 4 heteroatoms. The molecule has 0 heterocycles. The molecule has 0 aromatic heterocycles. The third-order valence-electron chi connectivity index (χ3n) is 2.38. The Labute approximate surface area is 114 Å². The SMILES string of the molecule is CC(C)N(C(C)C)P(CC(C)(C)C)OCCC#N. The summed E-state index contributed by atoms with van der Waals surface area (Å²) in [5.74, 6) is 0. The maximum Gasteiger partial charge on any atom is 0.105 e. The van der Waals surface area contributed by atoms with E-state index in [0.29, 0.717) is 25.1 Å². The van der Waals surface area contributed by atoms with E-state index >= 15 is 0 Å². The van der Waals surface area contributed by atoms with Crippen LogP contribution in [-0.2, 0) is 4.52 Å². The number of nitrogens with zero attached hydrogens (tertiary/aromatic N) is 2. The molecule has 0 aliphatic carbocycles. The highest BCUT2D eigenvalue weighted by molar-refractivity contribution is 7.50. The summed E-state index contributed by atoms with van der Waals surface area (Å²) in [5, 5.41) is 8.63. The lowest BCUT2D eigenvalue weighted by atomic mass is 10.0. The molecule has 0 spiro atoms. The van der Waals surface area contributed by atoms with Crippen molar-refractivity contribution >= 4 is 8.30 Å². The Morgan fingerprint density at radius 1 is 1.17 bits per heavy atom. The van der Waals surface area contributed by atoms with Crippen LogP contribution in [0.15, 0.2) is 0 Å². The van der Waals surface area contributed by atoms with Gasteiger partial charge in [-0.2, -0.15) is 5.26 Å². The fourth-order valence-electron chi connectivity index (χ4n) is 1.91. The molecule has 0 aromatic carbocycles. The van der Waals surface area contributed by atoms with E-state index in [9.17, 15) is 0 Å². The molecule has 106 valence electrons. The van der Waals surface area contributed by atoms with Crippen molar-refractivity contribution in [3.8, 4) is 6.07 Å². The summed E-state index contributed by atoms with van der Waals surface area (Å²) in [6.45, 7) is 16.1. The van der Waals surface area contributed by atoms with Gasteiger partial charge in [-0.05, 0) is 33.1 Å². The highest BCUT2D eigenvalue weighted by Crippen LogP contribution is 2.48. The fourth-order valence-corrected chi connectivity index (χ4v) is 4.44. The normalized spacial score (nSPS) is 14.3. The van der Waals surface area contributed by atoms with E-state index < -0.39 is 8.30 Å². The van der Waals surface area contributed by atoms with Crippen LogP contribution in [0, 0.1) is 16.7 Å². The van der Waals surface area contributed by atoms with Gasteiger partial charge in [-0.25, -0.2) is 0 Å². The Hall–Kier alpha value is -0.160. The van der Waals surface area contributed by atoms with E-state index in [1.807, 2.05) is 0 Å². The molecule has 0 amide bonds. The molecule has 0 saturated heterocycles. The van der Waals surface area contributed by atoms with Crippen LogP contribution in [0.3, 0.4) is 0 Å². The molecule has 0 saturated carbocycles. The Morgan fingerprint density at radius 2 is 1.67 bits per heavy atom. The first-order valence-corrected chi connectivity index (χ1v) is 8.14. The minimum absolute atomic E-state index is 0.250. The Balaban J connectivity index is 4.76. The Morgan fingerprint density at radius 3 is 2.00 bits per heavy atom. The molecule has 0 aliphatic heterocycles. The van der Waals surface area contributed by atoms with Crippen LogP contribution in [-0.4, -0.2) is 29.5 Å². The molecule has 18 heavy (non-hydrogen) atoms. The summed E-state index contributed by atoms with van der Waals surface area (Å²) in [5.41, 5.74) is 0.250. The van der Waals surface area contributed by atoms with Gasteiger partial charge in [0.1, 0.15) is 8.30 Å². The zero-order valence-electron chi connectivity index (χ0n) is 13.0. The predicted molar refractivity (Wildman–Crippen MR) is 79.5 cm³/mol. The van der Waals surface area contributed by atoms with Gasteiger partial charge in [-0.1, -0.05) is 20.8 Å². The van der Waals surface area contributed by atoms with Crippen molar-refractivity contribution in [2.45, 2.75) is 67.0 Å². The summed E-state index contributed by atoms with van der Waals surface area (Å²) in [6, 6.07) is 3.10. The molecule has 0 aromatic rings. The molecule has 0 radical (unpaired) electrons. The molecular formula is C14H29N2OP. The maximum absolute atomic E-state index is 8.63. The van der Waals surface area contributed by atoms with Crippen molar-refractivity contribution in [2.75, 3.05) is 12.8 Å². The minimum atomic E-state index is -0.620. The molecule has 3 nitrogen and oxygen atoms in total. The zero-order valence-corrected chi connectivity index (χ0v) is 13.9. The standard InChI is InChI=1S/C14H29N2OP/c1-12(2)16(13(3)4)18(11-14(5,6)7)17-10-8-9-15/h12-13H,8,10-11H2,1-7H3. The molecule has 1 atom stereocenters. The predicted octanol–water partition coefficient (Wildman–Crippen LogP) is 4.39. The number of hydrogen-bond acceptors (Lipinski definition) is 3. The summed E-state index contributed by atoms with van der Waals surface area (Å²) >= 11 is 0. The van der Waals surface area contributed by atoms with Gasteiger partial charge in [0.15, 0.2) is 0 Å². The summed E-state index contributed by atoms with van der Waals surface area (Å²) in [4.78, 5) is 0. The monoisotopic (exact) mass is 272 g/mol. The van der Waals surface area contributed by atoms with E-state index in [4.69, 9.17) is 9.79 Å². The highest BCUT2D eigenvalue weighted by Gasteiger charge is 2.29. The second-order valence-corrected chi connectivity index (χ2v) is 8.12. The first kappa shape index (κ1) is 17.8. The second kappa shape index (κ2) is 8.10. The van der Waals surface area contributed by atoms with E-state index in [1.165, 1.54) is 0 Å². The summed E-state index contributed by atoms with van der Waals surface area (Å²) < 4.78 is 8.47. The topological polar surface area (TPSA) is 36.3 Å². The van der Waals surface area contributed by atoms with E-state index in [-0.39, 0.29) is 5.41 Å². The van der Waals surface area contributed by atoms with Crippen molar-refractivity contribution in [3.05, 3.63) is 0 Å². The average Bonchev–Trinajstić information content (AvgIpc) is 2.13.